The van der Waals surface area contributed by atoms with Crippen LogP contribution in [-0.4, -0.2) is 48.9 Å². The summed E-state index contributed by atoms with van der Waals surface area (Å²) in [6.07, 6.45) is 0.916. The van der Waals surface area contributed by atoms with Gasteiger partial charge in [0.2, 0.25) is 0 Å². The van der Waals surface area contributed by atoms with Crippen LogP contribution in [0.2, 0.25) is 0 Å². The lowest BCUT2D eigenvalue weighted by atomic mass is 9.90. The number of nitrogens with one attached hydrogen (secondary N) is 3. The Hall–Kier alpha value is -3.48. The average Bonchev–Trinajstić information content (AvgIpc) is 2.76. The lowest BCUT2D eigenvalue weighted by molar-refractivity contribution is 0.388. The summed E-state index contributed by atoms with van der Waals surface area (Å²) in [6, 6.07) is 8.50. The molecule has 1 aromatic heterocycles. The highest BCUT2D eigenvalue weighted by atomic mass is 15.1. The third-order valence-corrected chi connectivity index (χ3v) is 6.23. The Balaban J connectivity index is 2.35. The predicted octanol–water partition coefficient (Wildman–Crippen LogP) is 6.04. The molecule has 1 heterocycles. The fraction of sp³-hybridized carbons (Fsp3) is 0.467. The van der Waals surface area contributed by atoms with Gasteiger partial charge in [0.15, 0.2) is 0 Å². The molecule has 2 atom stereocenters. The van der Waals surface area contributed by atoms with Gasteiger partial charge in [0.1, 0.15) is 17.5 Å². The number of aryl methyl sites for hydroxylation is 2. The van der Waals surface area contributed by atoms with Gasteiger partial charge in [-0.15, -0.1) is 0 Å². The van der Waals surface area contributed by atoms with Crippen LogP contribution >= 0.6 is 0 Å². The molecule has 0 saturated heterocycles. The summed E-state index contributed by atoms with van der Waals surface area (Å²) in [5.41, 5.74) is 12.7. The van der Waals surface area contributed by atoms with E-state index in [2.05, 4.69) is 87.8 Å². The number of aliphatic imine (C=N–C) groups is 1. The van der Waals surface area contributed by atoms with Gasteiger partial charge < -0.3 is 26.6 Å². The molecule has 7 heteroatoms. The highest BCUT2D eigenvalue weighted by molar-refractivity contribution is 6.00. The molecule has 37 heavy (non-hydrogen) atoms. The van der Waals surface area contributed by atoms with Crippen LogP contribution in [0.4, 0.5) is 17.3 Å². The first kappa shape index (κ1) is 29.7. The molecule has 0 aliphatic rings. The van der Waals surface area contributed by atoms with Crippen LogP contribution in [0.15, 0.2) is 48.1 Å². The number of anilines is 3. The van der Waals surface area contributed by atoms with Crippen LogP contribution in [0.1, 0.15) is 63.3 Å². The van der Waals surface area contributed by atoms with E-state index < -0.39 is 0 Å². The second-order valence-electron chi connectivity index (χ2n) is 11.4. The van der Waals surface area contributed by atoms with Crippen molar-refractivity contribution in [3.8, 4) is 0 Å². The van der Waals surface area contributed by atoms with Crippen molar-refractivity contribution in [3.05, 3.63) is 65.4 Å². The Labute approximate surface area is 224 Å². The fourth-order valence-electron chi connectivity index (χ4n) is 4.22. The Morgan fingerprint density at radius 1 is 1.03 bits per heavy atom. The largest absolute Gasteiger partial charge is 0.399 e. The normalized spacial score (nSPS) is 13.5. The number of benzene rings is 1. The van der Waals surface area contributed by atoms with Crippen LogP contribution in [0.3, 0.4) is 0 Å². The highest BCUT2D eigenvalue weighted by Crippen LogP contribution is 2.29. The molecule has 1 aromatic carbocycles. The van der Waals surface area contributed by atoms with Crippen LogP contribution in [-0.2, 0) is 0 Å². The number of hydrogen-bond donors (Lipinski definition) is 4. The molecule has 2 rings (SSSR count). The van der Waals surface area contributed by atoms with Crippen molar-refractivity contribution in [2.45, 2.75) is 67.0 Å². The van der Waals surface area contributed by atoms with Crippen molar-refractivity contribution >= 4 is 28.9 Å². The lowest BCUT2D eigenvalue weighted by Crippen LogP contribution is -2.40. The summed E-state index contributed by atoms with van der Waals surface area (Å²) in [4.78, 5) is 11.4. The van der Waals surface area contributed by atoms with Crippen molar-refractivity contribution < 1.29 is 0 Å². The van der Waals surface area contributed by atoms with E-state index in [0.29, 0.717) is 11.5 Å². The summed E-state index contributed by atoms with van der Waals surface area (Å²) in [6.45, 7) is 23.3. The maximum absolute atomic E-state index is 6.16. The molecule has 0 spiro atoms. The molecule has 2 aromatic rings. The van der Waals surface area contributed by atoms with Gasteiger partial charge in [-0.05, 0) is 68.9 Å². The summed E-state index contributed by atoms with van der Waals surface area (Å²) >= 11 is 0. The zero-order valence-corrected chi connectivity index (χ0v) is 24.5. The fourth-order valence-corrected chi connectivity index (χ4v) is 4.22. The standard InChI is InChI=1S/C30H47N7/c1-18-13-14-24(16-25(18)29(32-10)37(11)12)35-28-26(21(4)31)15-19(2)27(36-28)34-23(6)22(5)33-20(3)17-30(7,8)9/h13-16,22-23,33H,3-4,17,31H2,1-2,5-12H3,(H2,34,35,36). The van der Waals surface area contributed by atoms with E-state index >= 15 is 0 Å². The molecule has 0 amide bonds. The van der Waals surface area contributed by atoms with Gasteiger partial charge in [-0.1, -0.05) is 40.0 Å². The molecule has 202 valence electrons. The Morgan fingerprint density at radius 3 is 2.22 bits per heavy atom. The third kappa shape index (κ3) is 8.27. The molecule has 5 N–H and O–H groups in total. The molecule has 0 radical (unpaired) electrons. The Kier molecular flexibility index (Phi) is 9.79. The van der Waals surface area contributed by atoms with Crippen molar-refractivity contribution in [1.82, 2.24) is 15.2 Å². The van der Waals surface area contributed by atoms with Crippen molar-refractivity contribution in [3.63, 3.8) is 0 Å². The monoisotopic (exact) mass is 505 g/mol. The summed E-state index contributed by atoms with van der Waals surface area (Å²) in [5.74, 6) is 2.36. The molecule has 0 bridgehead atoms. The predicted molar refractivity (Wildman–Crippen MR) is 162 cm³/mol. The number of pyridine rings is 1. The van der Waals surface area contributed by atoms with Gasteiger partial charge in [-0.25, -0.2) is 4.98 Å². The van der Waals surface area contributed by atoms with E-state index in [4.69, 9.17) is 10.7 Å². The van der Waals surface area contributed by atoms with Crippen LogP contribution in [0.25, 0.3) is 5.70 Å². The third-order valence-electron chi connectivity index (χ3n) is 6.23. The molecule has 2 unspecified atom stereocenters. The highest BCUT2D eigenvalue weighted by Gasteiger charge is 2.19. The van der Waals surface area contributed by atoms with Crippen LogP contribution in [0.5, 0.6) is 0 Å². The second-order valence-corrected chi connectivity index (χ2v) is 11.4. The summed E-state index contributed by atoms with van der Waals surface area (Å²) in [7, 11) is 5.79. The molecule has 0 fully saturated rings. The summed E-state index contributed by atoms with van der Waals surface area (Å²) in [5, 5.41) is 10.6. The van der Waals surface area contributed by atoms with Gasteiger partial charge in [0.05, 0.1) is 0 Å². The Morgan fingerprint density at radius 2 is 1.68 bits per heavy atom. The van der Waals surface area contributed by atoms with E-state index in [0.717, 1.165) is 51.7 Å². The van der Waals surface area contributed by atoms with E-state index in [1.165, 1.54) is 0 Å². The molecular formula is C30H47N7. The van der Waals surface area contributed by atoms with Crippen molar-refractivity contribution in [1.29, 1.82) is 0 Å². The van der Waals surface area contributed by atoms with Gasteiger partial charge >= 0.3 is 0 Å². The smallest absolute Gasteiger partial charge is 0.142 e. The van der Waals surface area contributed by atoms with E-state index in [-0.39, 0.29) is 17.5 Å². The van der Waals surface area contributed by atoms with Crippen molar-refractivity contribution in [2.24, 2.45) is 16.1 Å². The number of nitrogens with zero attached hydrogens (tertiary/aromatic N) is 3. The lowest BCUT2D eigenvalue weighted by Gasteiger charge is -2.28. The van der Waals surface area contributed by atoms with Gasteiger partial charge in [-0.2, -0.15) is 0 Å². The number of aromatic nitrogens is 1. The topological polar surface area (TPSA) is 90.6 Å². The minimum Gasteiger partial charge on any atom is -0.399 e. The van der Waals surface area contributed by atoms with E-state index in [1.807, 2.05) is 38.1 Å². The SMILES string of the molecule is C=C(CC(C)(C)C)NC(C)C(C)Nc1nc(Nc2ccc(C)c(C(=NC)N(C)C)c2)c(C(=C)N)cc1C. The molecule has 0 aliphatic heterocycles. The average molecular weight is 506 g/mol. The number of hydrogen-bond acceptors (Lipinski definition) is 6. The number of allylic oxidation sites excluding steroid dienone is 1. The van der Waals surface area contributed by atoms with E-state index in [9.17, 15) is 0 Å². The minimum atomic E-state index is 0.108. The van der Waals surface area contributed by atoms with Gasteiger partial charge in [-0.3, -0.25) is 4.99 Å². The molecule has 7 nitrogen and oxygen atoms in total. The number of rotatable bonds is 10. The van der Waals surface area contributed by atoms with Gasteiger partial charge in [0.25, 0.3) is 0 Å². The van der Waals surface area contributed by atoms with Gasteiger partial charge in [0, 0.05) is 61.4 Å². The molecular weight excluding hydrogens is 458 g/mol. The maximum Gasteiger partial charge on any atom is 0.142 e. The second kappa shape index (κ2) is 12.2. The number of nitrogens with two attached hydrogens (primary N) is 1. The van der Waals surface area contributed by atoms with Crippen LogP contribution in [0, 0.1) is 19.3 Å². The van der Waals surface area contributed by atoms with E-state index in [1.54, 1.807) is 7.05 Å². The number of amidine groups is 1. The van der Waals surface area contributed by atoms with Crippen molar-refractivity contribution in [2.75, 3.05) is 31.8 Å². The first-order valence-electron chi connectivity index (χ1n) is 12.8. The quantitative estimate of drug-likeness (QED) is 0.233. The first-order valence-corrected chi connectivity index (χ1v) is 12.8. The van der Waals surface area contributed by atoms with Crippen LogP contribution < -0.4 is 21.7 Å². The summed E-state index contributed by atoms with van der Waals surface area (Å²) < 4.78 is 0. The molecule has 0 aliphatic carbocycles. The minimum absolute atomic E-state index is 0.108. The maximum atomic E-state index is 6.16. The zero-order chi connectivity index (χ0) is 28.1. The molecule has 0 saturated carbocycles. The zero-order valence-electron chi connectivity index (χ0n) is 24.5. The Bertz CT molecular complexity index is 1160. The first-order chi connectivity index (χ1) is 17.1.